The molecular weight excluding hydrogens is 386 g/mol. The highest BCUT2D eigenvalue weighted by Crippen LogP contribution is 2.16. The van der Waals surface area contributed by atoms with E-state index in [0.29, 0.717) is 19.6 Å². The average Bonchev–Trinajstić information content (AvgIpc) is 2.60. The van der Waals surface area contributed by atoms with E-state index in [9.17, 15) is 9.59 Å². The molecule has 0 spiro atoms. The summed E-state index contributed by atoms with van der Waals surface area (Å²) in [5, 5.41) is 0.743. The second kappa shape index (κ2) is 11.9. The van der Waals surface area contributed by atoms with E-state index >= 15 is 0 Å². The molecule has 140 valence electrons. The summed E-state index contributed by atoms with van der Waals surface area (Å²) in [4.78, 5) is 26.5. The molecule has 0 aliphatic heterocycles. The Kier molecular flexibility index (Phi) is 10.2. The van der Waals surface area contributed by atoms with Crippen LogP contribution in [0.1, 0.15) is 39.2 Å². The third-order valence-corrected chi connectivity index (χ3v) is 4.16. The summed E-state index contributed by atoms with van der Waals surface area (Å²) >= 11 is 3.38. The Hall–Kier alpha value is -1.56. The molecule has 1 aromatic carbocycles. The van der Waals surface area contributed by atoms with E-state index in [1.54, 1.807) is 6.92 Å². The predicted octanol–water partition coefficient (Wildman–Crippen LogP) is 4.39. The van der Waals surface area contributed by atoms with E-state index in [-0.39, 0.29) is 18.5 Å². The van der Waals surface area contributed by atoms with Gasteiger partial charge in [-0.05, 0) is 31.2 Å². The summed E-state index contributed by atoms with van der Waals surface area (Å²) in [5.41, 5.74) is 0.910. The number of benzene rings is 1. The molecule has 0 aromatic heterocycles. The van der Waals surface area contributed by atoms with Crippen LogP contribution in [0.25, 0.3) is 0 Å². The summed E-state index contributed by atoms with van der Waals surface area (Å²) in [6, 6.07) is 8.87. The lowest BCUT2D eigenvalue weighted by Crippen LogP contribution is -2.47. The van der Waals surface area contributed by atoms with Crippen LogP contribution in [0.2, 0.25) is 0 Å². The van der Waals surface area contributed by atoms with E-state index < -0.39 is 12.1 Å². The minimum Gasteiger partial charge on any atom is -0.464 e. The molecule has 1 aromatic rings. The number of halogens is 1. The number of hydrogen-bond acceptors (Lipinski definition) is 4. The first-order valence-corrected chi connectivity index (χ1v) is 9.81. The zero-order valence-electron chi connectivity index (χ0n) is 15.2. The fraction of sp³-hybridized carbons (Fsp3) is 0.579. The van der Waals surface area contributed by atoms with Gasteiger partial charge < -0.3 is 9.47 Å². The van der Waals surface area contributed by atoms with Gasteiger partial charge in [-0.25, -0.2) is 9.59 Å². The normalized spacial score (nSPS) is 11.9. The number of carbonyl (C=O) groups excluding carboxylic acids is 2. The highest BCUT2D eigenvalue weighted by Gasteiger charge is 2.32. The molecule has 1 rings (SSSR count). The smallest absolute Gasteiger partial charge is 0.410 e. The molecule has 0 saturated carbocycles. The lowest BCUT2D eigenvalue weighted by molar-refractivity contribution is -0.149. The number of amides is 1. The summed E-state index contributed by atoms with van der Waals surface area (Å²) in [7, 11) is 0. The lowest BCUT2D eigenvalue weighted by Gasteiger charge is -2.30. The summed E-state index contributed by atoms with van der Waals surface area (Å²) in [6.07, 6.45) is 0.791. The van der Waals surface area contributed by atoms with Crippen LogP contribution in [0, 0.1) is 5.92 Å². The van der Waals surface area contributed by atoms with E-state index in [0.717, 1.165) is 17.3 Å². The van der Waals surface area contributed by atoms with Crippen molar-refractivity contribution in [2.75, 3.05) is 18.5 Å². The molecule has 0 fully saturated rings. The molecule has 0 saturated heterocycles. The third kappa shape index (κ3) is 7.90. The topological polar surface area (TPSA) is 55.8 Å². The highest BCUT2D eigenvalue weighted by atomic mass is 79.9. The Morgan fingerprint density at radius 1 is 1.16 bits per heavy atom. The average molecular weight is 414 g/mol. The van der Waals surface area contributed by atoms with Crippen molar-refractivity contribution in [3.05, 3.63) is 35.9 Å². The Morgan fingerprint density at radius 2 is 1.84 bits per heavy atom. The first-order chi connectivity index (χ1) is 12.0. The van der Waals surface area contributed by atoms with Crippen molar-refractivity contribution in [2.45, 2.75) is 46.3 Å². The standard InChI is InChI=1S/C19H28BrNO4/c1-4-24-18(22)17(13-15(2)3)21(12-8-11-20)19(23)25-14-16-9-6-5-7-10-16/h5-7,9-10,15,17H,4,8,11-14H2,1-3H3/t17-/m0/s1. The van der Waals surface area contributed by atoms with Crippen molar-refractivity contribution in [3.63, 3.8) is 0 Å². The fourth-order valence-electron chi connectivity index (χ4n) is 2.44. The van der Waals surface area contributed by atoms with Crippen LogP contribution >= 0.6 is 15.9 Å². The van der Waals surface area contributed by atoms with Crippen molar-refractivity contribution in [1.29, 1.82) is 0 Å². The Morgan fingerprint density at radius 3 is 2.40 bits per heavy atom. The molecule has 0 unspecified atom stereocenters. The second-order valence-electron chi connectivity index (χ2n) is 6.17. The molecule has 0 radical (unpaired) electrons. The number of rotatable bonds is 10. The Labute approximate surface area is 158 Å². The van der Waals surface area contributed by atoms with Gasteiger partial charge in [-0.2, -0.15) is 0 Å². The van der Waals surface area contributed by atoms with E-state index in [2.05, 4.69) is 15.9 Å². The SMILES string of the molecule is CCOC(=O)[C@H](CC(C)C)N(CCCBr)C(=O)OCc1ccccc1. The molecule has 0 heterocycles. The van der Waals surface area contributed by atoms with Crippen molar-refractivity contribution >= 4 is 28.0 Å². The minimum absolute atomic E-state index is 0.182. The molecule has 1 atom stereocenters. The number of ether oxygens (including phenoxy) is 2. The summed E-state index contributed by atoms with van der Waals surface area (Å²) < 4.78 is 10.6. The van der Waals surface area contributed by atoms with Crippen LogP contribution in [0.5, 0.6) is 0 Å². The zero-order chi connectivity index (χ0) is 18.7. The molecule has 0 aliphatic rings. The summed E-state index contributed by atoms with van der Waals surface area (Å²) in [5.74, 6) is -0.120. The van der Waals surface area contributed by atoms with Gasteiger partial charge in [0, 0.05) is 11.9 Å². The maximum absolute atomic E-state index is 12.6. The van der Waals surface area contributed by atoms with Gasteiger partial charge in [-0.15, -0.1) is 0 Å². The van der Waals surface area contributed by atoms with Gasteiger partial charge in [0.25, 0.3) is 0 Å². The molecular formula is C19H28BrNO4. The maximum atomic E-state index is 12.6. The van der Waals surface area contributed by atoms with Gasteiger partial charge in [0.2, 0.25) is 0 Å². The molecule has 0 aliphatic carbocycles. The van der Waals surface area contributed by atoms with Gasteiger partial charge >= 0.3 is 12.1 Å². The third-order valence-electron chi connectivity index (χ3n) is 3.60. The molecule has 6 heteroatoms. The Balaban J connectivity index is 2.85. The number of hydrogen-bond donors (Lipinski definition) is 0. The number of nitrogens with zero attached hydrogens (tertiary/aromatic N) is 1. The van der Waals surface area contributed by atoms with Crippen molar-refractivity contribution < 1.29 is 19.1 Å². The van der Waals surface area contributed by atoms with Gasteiger partial charge in [0.05, 0.1) is 6.61 Å². The van der Waals surface area contributed by atoms with Gasteiger partial charge in [0.15, 0.2) is 0 Å². The van der Waals surface area contributed by atoms with Gasteiger partial charge in [0.1, 0.15) is 12.6 Å². The molecule has 25 heavy (non-hydrogen) atoms. The van der Waals surface area contributed by atoms with Crippen LogP contribution in [0.3, 0.4) is 0 Å². The number of carbonyl (C=O) groups is 2. The Bertz CT molecular complexity index is 521. The largest absolute Gasteiger partial charge is 0.464 e. The van der Waals surface area contributed by atoms with Crippen molar-refractivity contribution in [2.24, 2.45) is 5.92 Å². The lowest BCUT2D eigenvalue weighted by atomic mass is 10.0. The zero-order valence-corrected chi connectivity index (χ0v) is 16.8. The van der Waals surface area contributed by atoms with Crippen LogP contribution in [-0.2, 0) is 20.9 Å². The fourth-order valence-corrected chi connectivity index (χ4v) is 2.69. The first kappa shape index (κ1) is 21.5. The van der Waals surface area contributed by atoms with Crippen LogP contribution in [-0.4, -0.2) is 41.5 Å². The van der Waals surface area contributed by atoms with Crippen LogP contribution in [0.15, 0.2) is 30.3 Å². The second-order valence-corrected chi connectivity index (χ2v) is 6.97. The van der Waals surface area contributed by atoms with Crippen LogP contribution in [0.4, 0.5) is 4.79 Å². The monoisotopic (exact) mass is 413 g/mol. The molecule has 0 N–H and O–H groups in total. The minimum atomic E-state index is -0.623. The maximum Gasteiger partial charge on any atom is 0.410 e. The number of esters is 1. The van der Waals surface area contributed by atoms with Gasteiger partial charge in [-0.1, -0.05) is 60.1 Å². The summed E-state index contributed by atoms with van der Waals surface area (Å²) in [6.45, 7) is 6.71. The highest BCUT2D eigenvalue weighted by molar-refractivity contribution is 9.09. The van der Waals surface area contributed by atoms with Crippen molar-refractivity contribution in [3.8, 4) is 0 Å². The molecule has 1 amide bonds. The van der Waals surface area contributed by atoms with Gasteiger partial charge in [-0.3, -0.25) is 4.90 Å². The van der Waals surface area contributed by atoms with Crippen molar-refractivity contribution in [1.82, 2.24) is 4.90 Å². The van der Waals surface area contributed by atoms with E-state index in [1.165, 1.54) is 4.90 Å². The quantitative estimate of drug-likeness (QED) is 0.421. The number of alkyl halides is 1. The predicted molar refractivity (Wildman–Crippen MR) is 102 cm³/mol. The first-order valence-electron chi connectivity index (χ1n) is 8.69. The van der Waals surface area contributed by atoms with E-state index in [4.69, 9.17) is 9.47 Å². The van der Waals surface area contributed by atoms with E-state index in [1.807, 2.05) is 44.2 Å². The van der Waals surface area contributed by atoms with Crippen LogP contribution < -0.4 is 0 Å². The molecule has 0 bridgehead atoms. The molecule has 5 nitrogen and oxygen atoms in total.